The molecule has 6 rings (SSSR count). The van der Waals surface area contributed by atoms with E-state index in [0.29, 0.717) is 17.9 Å². The number of para-hydroxylation sites is 1. The second kappa shape index (κ2) is 11.9. The number of hydroxylamine groups is 2. The topological polar surface area (TPSA) is 68.3 Å². The number of thioether (sulfide) groups is 1. The average molecular weight is 615 g/mol. The number of imide groups is 1. The Morgan fingerprint density at radius 3 is 2.50 bits per heavy atom. The highest BCUT2D eigenvalue weighted by atomic mass is 32.2. The van der Waals surface area contributed by atoms with Crippen LogP contribution in [0.4, 0.5) is 4.79 Å². The number of carbonyl (C=O) groups excluding carboxylic acids is 2. The molecule has 232 valence electrons. The third kappa shape index (κ3) is 5.31. The molecule has 8 heteroatoms. The Kier molecular flexibility index (Phi) is 8.28. The molecular weight excluding hydrogens is 572 g/mol. The van der Waals surface area contributed by atoms with Crippen molar-refractivity contribution in [1.29, 1.82) is 0 Å². The van der Waals surface area contributed by atoms with E-state index < -0.39 is 16.5 Å². The molecule has 3 aliphatic rings. The Labute approximate surface area is 264 Å². The molecule has 0 spiro atoms. The maximum Gasteiger partial charge on any atom is 0.289 e. The van der Waals surface area contributed by atoms with Crippen molar-refractivity contribution in [3.05, 3.63) is 94.0 Å². The standard InChI is InChI=1S/C36H42N2O5S/c1-23-21-24(2)27-18-19-35(4,43-31(27)25(23)3)36(5,30-17-12-20-38(30)41-22-26-13-8-7-9-14-26)42-29-16-11-10-15-28(29)32-33(39)37(6)34(40)44-32/h7-11,13-16,21,30,32H,12,17-20,22H2,1-6H3. The summed E-state index contributed by atoms with van der Waals surface area (Å²) >= 11 is 1.04. The lowest BCUT2D eigenvalue weighted by Gasteiger charge is -2.53. The number of fused-ring (bicyclic) bond motifs is 1. The fourth-order valence-electron chi connectivity index (χ4n) is 6.96. The predicted octanol–water partition coefficient (Wildman–Crippen LogP) is 7.50. The number of carbonyl (C=O) groups is 2. The zero-order chi connectivity index (χ0) is 31.2. The molecule has 44 heavy (non-hydrogen) atoms. The van der Waals surface area contributed by atoms with Crippen LogP contribution in [0.1, 0.15) is 71.7 Å². The fourth-order valence-corrected chi connectivity index (χ4v) is 7.99. The zero-order valence-corrected chi connectivity index (χ0v) is 27.3. The molecule has 3 aromatic carbocycles. The van der Waals surface area contributed by atoms with Crippen LogP contribution in [0.25, 0.3) is 0 Å². The van der Waals surface area contributed by atoms with E-state index in [9.17, 15) is 9.59 Å². The summed E-state index contributed by atoms with van der Waals surface area (Å²) in [5.41, 5.74) is 5.04. The second-order valence-electron chi connectivity index (χ2n) is 12.7. The molecular formula is C36H42N2O5S. The second-order valence-corrected chi connectivity index (χ2v) is 13.8. The van der Waals surface area contributed by atoms with Crippen molar-refractivity contribution in [1.82, 2.24) is 9.96 Å². The summed E-state index contributed by atoms with van der Waals surface area (Å²) in [6.07, 6.45) is 3.44. The van der Waals surface area contributed by atoms with Crippen LogP contribution in [0.3, 0.4) is 0 Å². The lowest BCUT2D eigenvalue weighted by Crippen LogP contribution is -2.67. The van der Waals surface area contributed by atoms with Gasteiger partial charge in [-0.05, 0) is 106 Å². The van der Waals surface area contributed by atoms with Crippen molar-refractivity contribution in [2.45, 2.75) is 89.4 Å². The molecule has 3 heterocycles. The van der Waals surface area contributed by atoms with Gasteiger partial charge in [0.15, 0.2) is 5.60 Å². The summed E-state index contributed by atoms with van der Waals surface area (Å²) in [4.78, 5) is 33.3. The van der Waals surface area contributed by atoms with Gasteiger partial charge >= 0.3 is 0 Å². The first-order valence-corrected chi connectivity index (χ1v) is 16.4. The van der Waals surface area contributed by atoms with Crippen LogP contribution in [0.15, 0.2) is 60.7 Å². The van der Waals surface area contributed by atoms with E-state index in [0.717, 1.165) is 60.9 Å². The van der Waals surface area contributed by atoms with Crippen LogP contribution >= 0.6 is 11.8 Å². The maximum atomic E-state index is 13.1. The van der Waals surface area contributed by atoms with Crippen molar-refractivity contribution in [3.8, 4) is 11.5 Å². The van der Waals surface area contributed by atoms with E-state index in [1.165, 1.54) is 28.6 Å². The highest BCUT2D eigenvalue weighted by molar-refractivity contribution is 8.15. The zero-order valence-electron chi connectivity index (χ0n) is 26.5. The Balaban J connectivity index is 1.41. The number of hydrogen-bond donors (Lipinski definition) is 0. The minimum Gasteiger partial charge on any atom is -0.483 e. The van der Waals surface area contributed by atoms with Crippen LogP contribution in [-0.2, 0) is 22.7 Å². The van der Waals surface area contributed by atoms with Crippen molar-refractivity contribution in [2.75, 3.05) is 13.6 Å². The minimum atomic E-state index is -0.889. The third-order valence-corrected chi connectivity index (χ3v) is 11.2. The fraction of sp³-hybridized carbons (Fsp3) is 0.444. The molecule has 3 aliphatic heterocycles. The Morgan fingerprint density at radius 1 is 1.05 bits per heavy atom. The number of aryl methyl sites for hydroxylation is 2. The third-order valence-electron chi connectivity index (χ3n) is 9.99. The number of nitrogens with zero attached hydrogens (tertiary/aromatic N) is 2. The maximum absolute atomic E-state index is 13.1. The molecule has 0 N–H and O–H groups in total. The van der Waals surface area contributed by atoms with Gasteiger partial charge in [-0.2, -0.15) is 5.06 Å². The monoisotopic (exact) mass is 614 g/mol. The van der Waals surface area contributed by atoms with Crippen molar-refractivity contribution in [2.24, 2.45) is 0 Å². The molecule has 2 amide bonds. The number of likely N-dealkylation sites (N-methyl/N-ethyl adjacent to an activating group) is 1. The normalized spacial score (nSPS) is 25.1. The summed E-state index contributed by atoms with van der Waals surface area (Å²) in [7, 11) is 1.53. The SMILES string of the molecule is Cc1cc(C)c2c(c1C)OC(C)(C(C)(Oc1ccccc1C1SC(=O)N(C)C1=O)C1CCCN1OCc1ccccc1)CC2. The summed E-state index contributed by atoms with van der Waals surface area (Å²) in [6.45, 7) is 12.0. The van der Waals surface area contributed by atoms with Gasteiger partial charge in [-0.1, -0.05) is 54.6 Å². The first kappa shape index (κ1) is 30.7. The highest BCUT2D eigenvalue weighted by Crippen LogP contribution is 2.50. The molecule has 0 saturated carbocycles. The number of benzene rings is 3. The van der Waals surface area contributed by atoms with Crippen LogP contribution in [0.5, 0.6) is 11.5 Å². The van der Waals surface area contributed by atoms with Gasteiger partial charge in [0.1, 0.15) is 22.4 Å². The van der Waals surface area contributed by atoms with Gasteiger partial charge in [0.25, 0.3) is 5.24 Å². The number of ether oxygens (including phenoxy) is 2. The molecule has 0 bridgehead atoms. The Bertz CT molecular complexity index is 1580. The lowest BCUT2D eigenvalue weighted by molar-refractivity contribution is -0.237. The minimum absolute atomic E-state index is 0.131. The van der Waals surface area contributed by atoms with Crippen molar-refractivity contribution >= 4 is 22.9 Å². The van der Waals surface area contributed by atoms with Gasteiger partial charge in [0.05, 0.1) is 12.6 Å². The van der Waals surface area contributed by atoms with E-state index in [1.54, 1.807) is 0 Å². The molecule has 3 aromatic rings. The van der Waals surface area contributed by atoms with Gasteiger partial charge in [-0.3, -0.25) is 19.3 Å². The van der Waals surface area contributed by atoms with Gasteiger partial charge in [-0.15, -0.1) is 0 Å². The summed E-state index contributed by atoms with van der Waals surface area (Å²) in [5.74, 6) is 1.30. The van der Waals surface area contributed by atoms with E-state index in [2.05, 4.69) is 57.9 Å². The molecule has 4 unspecified atom stereocenters. The van der Waals surface area contributed by atoms with E-state index in [-0.39, 0.29) is 17.2 Å². The molecule has 0 radical (unpaired) electrons. The van der Waals surface area contributed by atoms with Crippen LogP contribution in [-0.4, -0.2) is 51.9 Å². The number of amides is 2. The van der Waals surface area contributed by atoms with Crippen LogP contribution in [0.2, 0.25) is 0 Å². The Hall–Kier alpha value is -3.33. The summed E-state index contributed by atoms with van der Waals surface area (Å²) < 4.78 is 14.4. The predicted molar refractivity (Wildman–Crippen MR) is 173 cm³/mol. The van der Waals surface area contributed by atoms with Crippen LogP contribution < -0.4 is 9.47 Å². The molecule has 2 saturated heterocycles. The van der Waals surface area contributed by atoms with Gasteiger partial charge in [0, 0.05) is 19.2 Å². The van der Waals surface area contributed by atoms with E-state index in [4.69, 9.17) is 14.3 Å². The quantitative estimate of drug-likeness (QED) is 0.260. The molecule has 2 fully saturated rings. The average Bonchev–Trinajstić information content (AvgIpc) is 3.60. The lowest BCUT2D eigenvalue weighted by atomic mass is 9.73. The van der Waals surface area contributed by atoms with Gasteiger partial charge in [-0.25, -0.2) is 0 Å². The first-order chi connectivity index (χ1) is 21.0. The Morgan fingerprint density at radius 2 is 1.77 bits per heavy atom. The number of hydrogen-bond acceptors (Lipinski definition) is 7. The van der Waals surface area contributed by atoms with Gasteiger partial charge < -0.3 is 9.47 Å². The van der Waals surface area contributed by atoms with E-state index >= 15 is 0 Å². The summed E-state index contributed by atoms with van der Waals surface area (Å²) in [6, 6.07) is 19.9. The van der Waals surface area contributed by atoms with E-state index in [1.807, 2.05) is 42.5 Å². The molecule has 7 nitrogen and oxygen atoms in total. The highest BCUT2D eigenvalue weighted by Gasteiger charge is 2.59. The largest absolute Gasteiger partial charge is 0.483 e. The first-order valence-electron chi connectivity index (χ1n) is 15.5. The van der Waals surface area contributed by atoms with Gasteiger partial charge in [0.2, 0.25) is 5.91 Å². The molecule has 0 aliphatic carbocycles. The molecule has 4 atom stereocenters. The number of rotatable bonds is 8. The summed E-state index contributed by atoms with van der Waals surface area (Å²) in [5, 5.41) is 1.17. The smallest absolute Gasteiger partial charge is 0.289 e. The van der Waals surface area contributed by atoms with Crippen molar-refractivity contribution in [3.63, 3.8) is 0 Å². The molecule has 0 aromatic heterocycles. The van der Waals surface area contributed by atoms with Crippen molar-refractivity contribution < 1.29 is 23.9 Å². The van der Waals surface area contributed by atoms with Crippen LogP contribution in [0, 0.1) is 20.8 Å².